The summed E-state index contributed by atoms with van der Waals surface area (Å²) in [6.07, 6.45) is 3.49. The normalized spacial score (nSPS) is 21.6. The molecule has 0 saturated carbocycles. The number of nitriles is 1. The smallest absolute Gasteiger partial charge is 0.282 e. The van der Waals surface area contributed by atoms with E-state index < -0.39 is 10.2 Å². The van der Waals surface area contributed by atoms with Crippen LogP contribution in [0.25, 0.3) is 0 Å². The highest BCUT2D eigenvalue weighted by molar-refractivity contribution is 7.86. The van der Waals surface area contributed by atoms with Crippen LogP contribution in [0.5, 0.6) is 0 Å². The number of hydrogen-bond donors (Lipinski definition) is 0. The van der Waals surface area contributed by atoms with Gasteiger partial charge in [0.2, 0.25) is 0 Å². The topological polar surface area (TPSA) is 80.5 Å². The van der Waals surface area contributed by atoms with Crippen molar-refractivity contribution in [3.63, 3.8) is 0 Å². The lowest BCUT2D eigenvalue weighted by molar-refractivity contribution is 0.260. The lowest BCUT2D eigenvalue weighted by Gasteiger charge is -2.38. The van der Waals surface area contributed by atoms with E-state index in [1.54, 1.807) is 26.9 Å². The van der Waals surface area contributed by atoms with Gasteiger partial charge in [0.1, 0.15) is 5.82 Å². The summed E-state index contributed by atoms with van der Waals surface area (Å²) >= 11 is 0. The zero-order chi connectivity index (χ0) is 17.2. The first-order valence-corrected chi connectivity index (χ1v) is 9.77. The van der Waals surface area contributed by atoms with Crippen LogP contribution >= 0.6 is 0 Å². The van der Waals surface area contributed by atoms with E-state index in [1.807, 2.05) is 4.90 Å². The highest BCUT2D eigenvalue weighted by atomic mass is 32.2. The first-order chi connectivity index (χ1) is 11.5. The number of pyridine rings is 1. The number of piperidine rings is 1. The zero-order valence-electron chi connectivity index (χ0n) is 13.9. The second-order valence-electron chi connectivity index (χ2n) is 6.49. The van der Waals surface area contributed by atoms with Crippen molar-refractivity contribution in [2.75, 3.05) is 44.2 Å². The predicted molar refractivity (Wildman–Crippen MR) is 91.6 cm³/mol. The number of hydrogen-bond acceptors (Lipinski definition) is 5. The van der Waals surface area contributed by atoms with Crippen LogP contribution in [0.1, 0.15) is 25.3 Å². The van der Waals surface area contributed by atoms with Crippen LogP contribution in [-0.4, -0.2) is 61.3 Å². The van der Waals surface area contributed by atoms with Crippen molar-refractivity contribution >= 4 is 16.0 Å². The standard InChI is InChI=1S/C16H23N5O2S/c1-14-3-6-20(7-4-14)24(22,23)21-10-8-19(9-11-21)16-12-15(13-17)2-5-18-16/h2,5,12,14H,3-4,6-11H2,1H3. The van der Waals surface area contributed by atoms with E-state index >= 15 is 0 Å². The average Bonchev–Trinajstić information content (AvgIpc) is 2.62. The molecule has 0 atom stereocenters. The van der Waals surface area contributed by atoms with E-state index in [-0.39, 0.29) is 0 Å². The van der Waals surface area contributed by atoms with Crippen molar-refractivity contribution in [2.45, 2.75) is 19.8 Å². The van der Waals surface area contributed by atoms with Crippen LogP contribution < -0.4 is 4.90 Å². The fourth-order valence-electron chi connectivity index (χ4n) is 3.19. The third-order valence-corrected chi connectivity index (χ3v) is 6.87. The van der Waals surface area contributed by atoms with E-state index in [4.69, 9.17) is 5.26 Å². The van der Waals surface area contributed by atoms with E-state index in [1.165, 1.54) is 0 Å². The molecule has 0 aromatic carbocycles. The molecule has 130 valence electrons. The highest BCUT2D eigenvalue weighted by Crippen LogP contribution is 2.22. The third kappa shape index (κ3) is 3.53. The summed E-state index contributed by atoms with van der Waals surface area (Å²) in [5.41, 5.74) is 0.567. The maximum Gasteiger partial charge on any atom is 0.282 e. The van der Waals surface area contributed by atoms with Gasteiger partial charge < -0.3 is 4.90 Å². The lowest BCUT2D eigenvalue weighted by atomic mass is 10.0. The molecule has 0 N–H and O–H groups in total. The second-order valence-corrected chi connectivity index (χ2v) is 8.42. The van der Waals surface area contributed by atoms with Crippen LogP contribution in [0, 0.1) is 17.2 Å². The Kier molecular flexibility index (Phi) is 5.04. The SMILES string of the molecule is CC1CCN(S(=O)(=O)N2CCN(c3cc(C#N)ccn3)CC2)CC1. The molecular formula is C16H23N5O2S. The Morgan fingerprint density at radius 2 is 1.75 bits per heavy atom. The summed E-state index contributed by atoms with van der Waals surface area (Å²) in [5, 5.41) is 8.98. The Hall–Kier alpha value is -1.69. The minimum Gasteiger partial charge on any atom is -0.354 e. The summed E-state index contributed by atoms with van der Waals surface area (Å²) in [7, 11) is -3.36. The molecule has 0 bridgehead atoms. The summed E-state index contributed by atoms with van der Waals surface area (Å²) in [5.74, 6) is 1.34. The highest BCUT2D eigenvalue weighted by Gasteiger charge is 2.34. The van der Waals surface area contributed by atoms with Crippen LogP contribution in [0.2, 0.25) is 0 Å². The van der Waals surface area contributed by atoms with Crippen LogP contribution in [0.3, 0.4) is 0 Å². The second kappa shape index (κ2) is 7.05. The van der Waals surface area contributed by atoms with Gasteiger partial charge in [-0.25, -0.2) is 4.98 Å². The molecule has 1 aromatic heterocycles. The number of piperazine rings is 1. The van der Waals surface area contributed by atoms with Gasteiger partial charge in [0, 0.05) is 45.5 Å². The average molecular weight is 349 g/mol. The molecule has 0 spiro atoms. The van der Waals surface area contributed by atoms with E-state index in [0.717, 1.165) is 18.7 Å². The number of aromatic nitrogens is 1. The van der Waals surface area contributed by atoms with Crippen LogP contribution in [0.4, 0.5) is 5.82 Å². The van der Waals surface area contributed by atoms with Crippen LogP contribution in [0.15, 0.2) is 18.3 Å². The Bertz CT molecular complexity index is 714. The molecule has 2 aliphatic heterocycles. The molecule has 7 nitrogen and oxygen atoms in total. The molecule has 0 aliphatic carbocycles. The monoisotopic (exact) mass is 349 g/mol. The maximum absolute atomic E-state index is 12.8. The third-order valence-electron chi connectivity index (χ3n) is 4.83. The van der Waals surface area contributed by atoms with Gasteiger partial charge in [-0.2, -0.15) is 22.3 Å². The minimum atomic E-state index is -3.36. The quantitative estimate of drug-likeness (QED) is 0.815. The molecule has 0 unspecified atom stereocenters. The van der Waals surface area contributed by atoms with Crippen LogP contribution in [-0.2, 0) is 10.2 Å². The summed E-state index contributed by atoms with van der Waals surface area (Å²) < 4.78 is 28.7. The molecule has 3 heterocycles. The summed E-state index contributed by atoms with van der Waals surface area (Å²) in [6.45, 7) is 5.49. The molecule has 8 heteroatoms. The Morgan fingerprint density at radius 1 is 1.12 bits per heavy atom. The number of rotatable bonds is 3. The fraction of sp³-hybridized carbons (Fsp3) is 0.625. The predicted octanol–water partition coefficient (Wildman–Crippen LogP) is 1.05. The van der Waals surface area contributed by atoms with Crippen molar-refractivity contribution < 1.29 is 8.42 Å². The van der Waals surface area contributed by atoms with E-state index in [0.29, 0.717) is 50.7 Å². The molecule has 2 fully saturated rings. The molecule has 0 amide bonds. The number of nitrogens with zero attached hydrogens (tertiary/aromatic N) is 5. The summed E-state index contributed by atoms with van der Waals surface area (Å²) in [6, 6.07) is 5.52. The molecular weight excluding hydrogens is 326 g/mol. The Labute approximate surface area is 143 Å². The largest absolute Gasteiger partial charge is 0.354 e. The van der Waals surface area contributed by atoms with Gasteiger partial charge in [-0.05, 0) is 30.9 Å². The maximum atomic E-state index is 12.8. The first-order valence-electron chi connectivity index (χ1n) is 8.37. The van der Waals surface area contributed by atoms with Crippen molar-refractivity contribution in [2.24, 2.45) is 5.92 Å². The molecule has 0 radical (unpaired) electrons. The molecule has 24 heavy (non-hydrogen) atoms. The van der Waals surface area contributed by atoms with Gasteiger partial charge in [-0.3, -0.25) is 0 Å². The molecule has 2 saturated heterocycles. The molecule has 1 aromatic rings. The van der Waals surface area contributed by atoms with Gasteiger partial charge in [0.25, 0.3) is 10.2 Å². The Balaban J connectivity index is 1.63. The van der Waals surface area contributed by atoms with Gasteiger partial charge in [0.15, 0.2) is 0 Å². The Morgan fingerprint density at radius 3 is 2.38 bits per heavy atom. The van der Waals surface area contributed by atoms with Gasteiger partial charge in [0.05, 0.1) is 11.6 Å². The van der Waals surface area contributed by atoms with Crippen molar-refractivity contribution in [3.8, 4) is 6.07 Å². The van der Waals surface area contributed by atoms with E-state index in [9.17, 15) is 8.42 Å². The first kappa shape index (κ1) is 17.1. The number of anilines is 1. The lowest BCUT2D eigenvalue weighted by Crippen LogP contribution is -2.54. The minimum absolute atomic E-state index is 0.451. The molecule has 2 aliphatic rings. The van der Waals surface area contributed by atoms with Gasteiger partial charge >= 0.3 is 0 Å². The molecule has 3 rings (SSSR count). The van der Waals surface area contributed by atoms with Gasteiger partial charge in [-0.15, -0.1) is 0 Å². The fourth-order valence-corrected chi connectivity index (χ4v) is 4.81. The van der Waals surface area contributed by atoms with Crippen molar-refractivity contribution in [3.05, 3.63) is 23.9 Å². The van der Waals surface area contributed by atoms with Crippen molar-refractivity contribution in [1.82, 2.24) is 13.6 Å². The van der Waals surface area contributed by atoms with Gasteiger partial charge in [-0.1, -0.05) is 6.92 Å². The summed E-state index contributed by atoms with van der Waals surface area (Å²) in [4.78, 5) is 6.33. The van der Waals surface area contributed by atoms with E-state index in [2.05, 4.69) is 18.0 Å². The van der Waals surface area contributed by atoms with Crippen molar-refractivity contribution in [1.29, 1.82) is 5.26 Å². The zero-order valence-corrected chi connectivity index (χ0v) is 14.7.